The van der Waals surface area contributed by atoms with E-state index in [9.17, 15) is 24.8 Å². The minimum absolute atomic E-state index is 0.0811. The second kappa shape index (κ2) is 7.57. The molecule has 28 heavy (non-hydrogen) atoms. The van der Waals surface area contributed by atoms with E-state index in [4.69, 9.17) is 16.3 Å². The number of anilines is 1. The Morgan fingerprint density at radius 3 is 2.57 bits per heavy atom. The predicted molar refractivity (Wildman–Crippen MR) is 101 cm³/mol. The number of carbonyl (C=O) groups is 2. The monoisotopic (exact) mass is 403 g/mol. The summed E-state index contributed by atoms with van der Waals surface area (Å²) in [5, 5.41) is 24.0. The van der Waals surface area contributed by atoms with Crippen LogP contribution in [0.25, 0.3) is 6.08 Å². The van der Waals surface area contributed by atoms with E-state index in [2.05, 4.69) is 5.32 Å². The smallest absolute Gasteiger partial charge is 0.333 e. The number of hydrogen-bond acceptors (Lipinski definition) is 6. The van der Waals surface area contributed by atoms with Crippen LogP contribution in [0.5, 0.6) is 11.5 Å². The number of rotatable bonds is 5. The molecule has 0 radical (unpaired) electrons. The van der Waals surface area contributed by atoms with Crippen molar-refractivity contribution in [2.24, 2.45) is 0 Å². The van der Waals surface area contributed by atoms with Crippen LogP contribution in [0.2, 0.25) is 5.02 Å². The Labute approximate surface area is 163 Å². The van der Waals surface area contributed by atoms with Crippen LogP contribution in [0.15, 0.2) is 42.1 Å². The van der Waals surface area contributed by atoms with E-state index >= 15 is 0 Å². The normalized spacial score (nSPS) is 15.1. The minimum atomic E-state index is -0.769. The maximum Gasteiger partial charge on any atom is 0.333 e. The van der Waals surface area contributed by atoms with Crippen molar-refractivity contribution >= 4 is 41.0 Å². The highest BCUT2D eigenvalue weighted by Crippen LogP contribution is 2.38. The van der Waals surface area contributed by atoms with E-state index in [1.165, 1.54) is 36.4 Å². The number of nitro benzene ring substituents is 1. The summed E-state index contributed by atoms with van der Waals surface area (Å²) in [6.07, 6.45) is 1.27. The number of ether oxygens (including phenoxy) is 1. The Balaban J connectivity index is 1.99. The molecule has 144 valence electrons. The van der Waals surface area contributed by atoms with Crippen molar-refractivity contribution in [1.82, 2.24) is 5.32 Å². The van der Waals surface area contributed by atoms with Crippen molar-refractivity contribution in [2.75, 3.05) is 11.5 Å². The van der Waals surface area contributed by atoms with Crippen LogP contribution >= 0.6 is 11.6 Å². The van der Waals surface area contributed by atoms with Crippen molar-refractivity contribution in [2.45, 2.75) is 6.92 Å². The number of aromatic hydroxyl groups is 1. The molecular formula is C18H14ClN3O6. The fourth-order valence-electron chi connectivity index (χ4n) is 2.63. The first kappa shape index (κ1) is 19.2. The molecule has 0 spiro atoms. The number of nitro groups is 1. The summed E-state index contributed by atoms with van der Waals surface area (Å²) in [5.74, 6) is -1.35. The molecule has 10 heteroatoms. The van der Waals surface area contributed by atoms with Crippen LogP contribution < -0.4 is 15.0 Å². The largest absolute Gasteiger partial charge is 0.500 e. The summed E-state index contributed by atoms with van der Waals surface area (Å²) in [7, 11) is 0. The van der Waals surface area contributed by atoms with E-state index in [-0.39, 0.29) is 23.6 Å². The molecule has 0 unspecified atom stereocenters. The molecule has 3 amide bonds. The lowest BCUT2D eigenvalue weighted by Crippen LogP contribution is -2.30. The SMILES string of the molecule is CCOc1cc(/C=C2/NC(=O)N(c3ccc(Cl)cc3)C2=O)cc([N+](=O)[O-])c1O. The molecule has 2 aromatic rings. The van der Waals surface area contributed by atoms with E-state index in [1.54, 1.807) is 6.92 Å². The van der Waals surface area contributed by atoms with Gasteiger partial charge in [0.05, 0.1) is 17.2 Å². The number of amides is 3. The van der Waals surface area contributed by atoms with E-state index in [1.807, 2.05) is 0 Å². The van der Waals surface area contributed by atoms with Crippen LogP contribution in [-0.4, -0.2) is 28.6 Å². The summed E-state index contributed by atoms with van der Waals surface area (Å²) >= 11 is 5.82. The number of carbonyl (C=O) groups excluding carboxylic acids is 2. The van der Waals surface area contributed by atoms with Crippen molar-refractivity contribution < 1.29 is 24.4 Å². The average Bonchev–Trinajstić information content (AvgIpc) is 2.92. The third-order valence-corrected chi connectivity index (χ3v) is 4.10. The van der Waals surface area contributed by atoms with Crippen LogP contribution in [0.1, 0.15) is 12.5 Å². The topological polar surface area (TPSA) is 122 Å². The van der Waals surface area contributed by atoms with Gasteiger partial charge in [-0.1, -0.05) is 11.6 Å². The first-order valence-electron chi connectivity index (χ1n) is 8.08. The van der Waals surface area contributed by atoms with Crippen molar-refractivity contribution in [3.05, 3.63) is 62.8 Å². The summed E-state index contributed by atoms with van der Waals surface area (Å²) in [6, 6.07) is 7.85. The Morgan fingerprint density at radius 2 is 1.96 bits per heavy atom. The van der Waals surface area contributed by atoms with Gasteiger partial charge in [0.15, 0.2) is 5.75 Å². The molecule has 0 saturated carbocycles. The molecule has 9 nitrogen and oxygen atoms in total. The van der Waals surface area contributed by atoms with Crippen LogP contribution in [0.3, 0.4) is 0 Å². The van der Waals surface area contributed by atoms with Gasteiger partial charge >= 0.3 is 11.7 Å². The molecule has 0 aliphatic carbocycles. The average molecular weight is 404 g/mol. The molecular weight excluding hydrogens is 390 g/mol. The standard InChI is InChI=1S/C18H14ClN3O6/c1-2-28-15-9-10(8-14(16(15)23)22(26)27)7-13-17(24)21(18(25)20-13)12-5-3-11(19)4-6-12/h3-9,23H,2H2,1H3,(H,20,25)/b13-7+. The second-order valence-electron chi connectivity index (χ2n) is 5.68. The summed E-state index contributed by atoms with van der Waals surface area (Å²) in [6.45, 7) is 1.83. The fraction of sp³-hybridized carbons (Fsp3) is 0.111. The molecule has 0 bridgehead atoms. The number of halogens is 1. The zero-order valence-electron chi connectivity index (χ0n) is 14.5. The maximum atomic E-state index is 12.6. The van der Waals surface area contributed by atoms with Crippen molar-refractivity contribution in [3.63, 3.8) is 0 Å². The van der Waals surface area contributed by atoms with Crippen molar-refractivity contribution in [1.29, 1.82) is 0 Å². The number of urea groups is 1. The highest BCUT2D eigenvalue weighted by atomic mass is 35.5. The third kappa shape index (κ3) is 3.60. The molecule has 1 aliphatic rings. The Bertz CT molecular complexity index is 1000. The second-order valence-corrected chi connectivity index (χ2v) is 6.12. The molecule has 1 heterocycles. The van der Waals surface area contributed by atoms with Gasteiger partial charge in [-0.15, -0.1) is 0 Å². The maximum absolute atomic E-state index is 12.6. The van der Waals surface area contributed by atoms with Crippen molar-refractivity contribution in [3.8, 4) is 11.5 Å². The van der Waals surface area contributed by atoms with Gasteiger partial charge in [0.2, 0.25) is 5.75 Å². The van der Waals surface area contributed by atoms with Gasteiger partial charge in [0.1, 0.15) is 5.70 Å². The first-order valence-corrected chi connectivity index (χ1v) is 8.46. The molecule has 0 atom stereocenters. The lowest BCUT2D eigenvalue weighted by Gasteiger charge is -2.11. The summed E-state index contributed by atoms with van der Waals surface area (Å²) < 4.78 is 5.20. The third-order valence-electron chi connectivity index (χ3n) is 3.85. The number of nitrogens with one attached hydrogen (secondary N) is 1. The number of phenolic OH excluding ortho intramolecular Hbond substituents is 1. The summed E-state index contributed by atoms with van der Waals surface area (Å²) in [4.78, 5) is 36.2. The summed E-state index contributed by atoms with van der Waals surface area (Å²) in [5.41, 5.74) is -0.136. The lowest BCUT2D eigenvalue weighted by molar-refractivity contribution is -0.386. The lowest BCUT2D eigenvalue weighted by atomic mass is 10.1. The van der Waals surface area contributed by atoms with E-state index in [0.29, 0.717) is 10.7 Å². The molecule has 0 aromatic heterocycles. The van der Waals surface area contributed by atoms with Gasteiger partial charge in [0.25, 0.3) is 5.91 Å². The Hall–Kier alpha value is -3.59. The first-order chi connectivity index (χ1) is 13.3. The van der Waals surface area contributed by atoms with Crippen LogP contribution in [0, 0.1) is 10.1 Å². The van der Waals surface area contributed by atoms with Gasteiger partial charge < -0.3 is 15.2 Å². The Morgan fingerprint density at radius 1 is 1.29 bits per heavy atom. The molecule has 2 aromatic carbocycles. The van der Waals surface area contributed by atoms with Gasteiger partial charge in [-0.2, -0.15) is 0 Å². The van der Waals surface area contributed by atoms with Gasteiger partial charge in [-0.05, 0) is 48.9 Å². The number of hydrogen-bond donors (Lipinski definition) is 2. The van der Waals surface area contributed by atoms with Gasteiger partial charge in [-0.3, -0.25) is 14.9 Å². The van der Waals surface area contributed by atoms with Gasteiger partial charge in [0, 0.05) is 11.1 Å². The van der Waals surface area contributed by atoms with Crippen LogP contribution in [-0.2, 0) is 4.79 Å². The zero-order valence-corrected chi connectivity index (χ0v) is 15.3. The molecule has 3 rings (SSSR count). The molecule has 2 N–H and O–H groups in total. The Kier molecular flexibility index (Phi) is 5.18. The van der Waals surface area contributed by atoms with E-state index in [0.717, 1.165) is 11.0 Å². The number of benzene rings is 2. The van der Waals surface area contributed by atoms with E-state index < -0.39 is 28.3 Å². The minimum Gasteiger partial charge on any atom is -0.500 e. The number of nitrogens with zero attached hydrogens (tertiary/aromatic N) is 2. The van der Waals surface area contributed by atoms with Crippen LogP contribution in [0.4, 0.5) is 16.2 Å². The highest BCUT2D eigenvalue weighted by molar-refractivity contribution is 6.31. The molecule has 1 aliphatic heterocycles. The fourth-order valence-corrected chi connectivity index (χ4v) is 2.75. The predicted octanol–water partition coefficient (Wildman–Crippen LogP) is 3.45. The molecule has 1 saturated heterocycles. The number of phenols is 1. The number of imide groups is 1. The molecule has 1 fully saturated rings. The van der Waals surface area contributed by atoms with Gasteiger partial charge in [-0.25, -0.2) is 9.69 Å². The highest BCUT2D eigenvalue weighted by Gasteiger charge is 2.35. The zero-order chi connectivity index (χ0) is 20.4. The quantitative estimate of drug-likeness (QED) is 0.341.